The molecule has 0 atom stereocenters. The Labute approximate surface area is 136 Å². The molecular formula is C16H13ClFNO4. The Balaban J connectivity index is 2.21. The van der Waals surface area contributed by atoms with Crippen LogP contribution in [0.4, 0.5) is 10.1 Å². The Morgan fingerprint density at radius 2 is 1.87 bits per heavy atom. The predicted molar refractivity (Wildman–Crippen MR) is 83.7 cm³/mol. The van der Waals surface area contributed by atoms with E-state index < -0.39 is 17.7 Å². The molecule has 2 aromatic rings. The lowest BCUT2D eigenvalue weighted by molar-refractivity contribution is -0.136. The Bertz CT molecular complexity index is 746. The highest BCUT2D eigenvalue weighted by atomic mass is 35.5. The van der Waals surface area contributed by atoms with E-state index in [0.29, 0.717) is 11.3 Å². The number of nitrogens with one attached hydrogen (secondary N) is 1. The maximum atomic E-state index is 14.2. The second kappa shape index (κ2) is 7.11. The molecule has 0 fully saturated rings. The first kappa shape index (κ1) is 16.8. The number of hydrogen-bond donors (Lipinski definition) is 2. The first-order chi connectivity index (χ1) is 10.9. The van der Waals surface area contributed by atoms with Gasteiger partial charge in [-0.05, 0) is 29.8 Å². The number of benzene rings is 2. The third-order valence-corrected chi connectivity index (χ3v) is 3.38. The van der Waals surface area contributed by atoms with Crippen LogP contribution in [-0.2, 0) is 11.2 Å². The number of anilines is 1. The molecule has 120 valence electrons. The zero-order chi connectivity index (χ0) is 17.0. The molecule has 0 bridgehead atoms. The molecule has 2 rings (SSSR count). The Morgan fingerprint density at radius 1 is 1.22 bits per heavy atom. The Kier molecular flexibility index (Phi) is 5.18. The van der Waals surface area contributed by atoms with E-state index >= 15 is 0 Å². The maximum Gasteiger partial charge on any atom is 0.307 e. The van der Waals surface area contributed by atoms with Gasteiger partial charge in [0.1, 0.15) is 0 Å². The summed E-state index contributed by atoms with van der Waals surface area (Å²) in [7, 11) is 1.29. The smallest absolute Gasteiger partial charge is 0.307 e. The number of amides is 1. The van der Waals surface area contributed by atoms with E-state index in [4.69, 9.17) is 21.4 Å². The number of carboxylic acid groups (broad SMARTS) is 1. The van der Waals surface area contributed by atoms with Gasteiger partial charge in [-0.1, -0.05) is 23.7 Å². The molecule has 0 unspecified atom stereocenters. The highest BCUT2D eigenvalue weighted by molar-refractivity contribution is 6.34. The van der Waals surface area contributed by atoms with Crippen LogP contribution in [0.2, 0.25) is 5.02 Å². The topological polar surface area (TPSA) is 75.6 Å². The van der Waals surface area contributed by atoms with Crippen molar-refractivity contribution in [2.24, 2.45) is 0 Å². The van der Waals surface area contributed by atoms with Gasteiger partial charge in [-0.25, -0.2) is 4.39 Å². The summed E-state index contributed by atoms with van der Waals surface area (Å²) in [5.41, 5.74) is 0.657. The minimum Gasteiger partial charge on any atom is -0.494 e. The molecular weight excluding hydrogens is 325 g/mol. The van der Waals surface area contributed by atoms with E-state index in [9.17, 15) is 14.0 Å². The fraction of sp³-hybridized carbons (Fsp3) is 0.125. The Hall–Kier alpha value is -2.60. The van der Waals surface area contributed by atoms with E-state index in [2.05, 4.69) is 5.32 Å². The van der Waals surface area contributed by atoms with Crippen LogP contribution in [0.25, 0.3) is 0 Å². The van der Waals surface area contributed by atoms with Gasteiger partial charge in [0.05, 0.1) is 24.1 Å². The van der Waals surface area contributed by atoms with Gasteiger partial charge < -0.3 is 15.2 Å². The van der Waals surface area contributed by atoms with Crippen LogP contribution in [0.3, 0.4) is 0 Å². The quantitative estimate of drug-likeness (QED) is 0.877. The molecule has 0 aliphatic carbocycles. The fourth-order valence-electron chi connectivity index (χ4n) is 1.97. The van der Waals surface area contributed by atoms with E-state index in [-0.39, 0.29) is 22.8 Å². The first-order valence-corrected chi connectivity index (χ1v) is 6.94. The summed E-state index contributed by atoms with van der Waals surface area (Å²) in [5.74, 6) is -2.61. The largest absolute Gasteiger partial charge is 0.494 e. The van der Waals surface area contributed by atoms with Gasteiger partial charge in [0.2, 0.25) is 0 Å². The number of carbonyl (C=O) groups excluding carboxylic acids is 1. The van der Waals surface area contributed by atoms with Gasteiger partial charge in [-0.15, -0.1) is 0 Å². The number of carboxylic acids is 1. The molecule has 0 radical (unpaired) electrons. The predicted octanol–water partition coefficient (Wildman–Crippen LogP) is 3.37. The van der Waals surface area contributed by atoms with Crippen molar-refractivity contribution in [3.8, 4) is 5.75 Å². The molecule has 0 saturated carbocycles. The maximum absolute atomic E-state index is 14.2. The second-order valence-electron chi connectivity index (χ2n) is 4.66. The minimum atomic E-state index is -0.952. The summed E-state index contributed by atoms with van der Waals surface area (Å²) in [5, 5.41) is 11.2. The van der Waals surface area contributed by atoms with Gasteiger partial charge in [-0.3, -0.25) is 9.59 Å². The number of aliphatic carboxylic acids is 1. The van der Waals surface area contributed by atoms with Gasteiger partial charge in [0.15, 0.2) is 11.6 Å². The molecule has 7 heteroatoms. The lowest BCUT2D eigenvalue weighted by Gasteiger charge is -2.10. The van der Waals surface area contributed by atoms with Gasteiger partial charge in [0, 0.05) is 5.69 Å². The Morgan fingerprint density at radius 3 is 2.43 bits per heavy atom. The molecule has 0 aliphatic heterocycles. The fourth-order valence-corrected chi connectivity index (χ4v) is 2.21. The third kappa shape index (κ3) is 3.98. The standard InChI is InChI=1S/C16H13ClFNO4/c1-23-12-7-6-11(17)14(15(12)18)16(22)19-10-4-2-9(3-5-10)8-13(20)21/h2-7H,8H2,1H3,(H,19,22)(H,20,21). The van der Waals surface area contributed by atoms with Crippen molar-refractivity contribution in [1.82, 2.24) is 0 Å². The van der Waals surface area contributed by atoms with Crippen molar-refractivity contribution in [3.63, 3.8) is 0 Å². The zero-order valence-electron chi connectivity index (χ0n) is 12.1. The van der Waals surface area contributed by atoms with Crippen LogP contribution >= 0.6 is 11.6 Å². The van der Waals surface area contributed by atoms with Gasteiger partial charge >= 0.3 is 5.97 Å². The van der Waals surface area contributed by atoms with E-state index in [1.807, 2.05) is 0 Å². The SMILES string of the molecule is COc1ccc(Cl)c(C(=O)Nc2ccc(CC(=O)O)cc2)c1F. The number of rotatable bonds is 5. The average molecular weight is 338 g/mol. The van der Waals surface area contributed by atoms with Crippen LogP contribution < -0.4 is 10.1 Å². The first-order valence-electron chi connectivity index (χ1n) is 6.56. The molecule has 0 saturated heterocycles. The van der Waals surface area contributed by atoms with Crippen molar-refractivity contribution in [3.05, 3.63) is 58.4 Å². The molecule has 1 amide bonds. The number of carbonyl (C=O) groups is 2. The molecule has 5 nitrogen and oxygen atoms in total. The van der Waals surface area contributed by atoms with Crippen molar-refractivity contribution in [2.75, 3.05) is 12.4 Å². The van der Waals surface area contributed by atoms with Crippen LogP contribution in [0.1, 0.15) is 15.9 Å². The van der Waals surface area contributed by atoms with Gasteiger partial charge in [0.25, 0.3) is 5.91 Å². The van der Waals surface area contributed by atoms with E-state index in [0.717, 1.165) is 0 Å². The number of methoxy groups -OCH3 is 1. The second-order valence-corrected chi connectivity index (χ2v) is 5.07. The summed E-state index contributed by atoms with van der Waals surface area (Å²) >= 11 is 5.88. The molecule has 0 aromatic heterocycles. The summed E-state index contributed by atoms with van der Waals surface area (Å²) in [6, 6.07) is 8.88. The van der Waals surface area contributed by atoms with E-state index in [1.54, 1.807) is 12.1 Å². The third-order valence-electron chi connectivity index (χ3n) is 3.07. The normalized spacial score (nSPS) is 10.2. The molecule has 0 spiro atoms. The minimum absolute atomic E-state index is 0.0386. The molecule has 2 aromatic carbocycles. The summed E-state index contributed by atoms with van der Waals surface area (Å²) < 4.78 is 19.0. The zero-order valence-corrected chi connectivity index (χ0v) is 12.9. The van der Waals surface area contributed by atoms with Crippen molar-refractivity contribution < 1.29 is 23.8 Å². The van der Waals surface area contributed by atoms with Crippen LogP contribution in [0, 0.1) is 5.82 Å². The average Bonchev–Trinajstić information content (AvgIpc) is 2.49. The van der Waals surface area contributed by atoms with Crippen molar-refractivity contribution >= 4 is 29.2 Å². The number of halogens is 2. The van der Waals surface area contributed by atoms with Crippen LogP contribution in [0.5, 0.6) is 5.75 Å². The summed E-state index contributed by atoms with van der Waals surface area (Å²) in [6.07, 6.45) is -0.120. The summed E-state index contributed by atoms with van der Waals surface area (Å²) in [4.78, 5) is 22.8. The lowest BCUT2D eigenvalue weighted by Crippen LogP contribution is -2.15. The number of ether oxygens (including phenoxy) is 1. The van der Waals surface area contributed by atoms with Crippen molar-refractivity contribution in [1.29, 1.82) is 0 Å². The summed E-state index contributed by atoms with van der Waals surface area (Å²) in [6.45, 7) is 0. The molecule has 2 N–H and O–H groups in total. The monoisotopic (exact) mass is 337 g/mol. The van der Waals surface area contributed by atoms with Crippen LogP contribution in [-0.4, -0.2) is 24.1 Å². The number of hydrogen-bond acceptors (Lipinski definition) is 3. The highest BCUT2D eigenvalue weighted by Gasteiger charge is 2.20. The molecule has 0 aliphatic rings. The van der Waals surface area contributed by atoms with E-state index in [1.165, 1.54) is 31.4 Å². The van der Waals surface area contributed by atoms with Gasteiger partial charge in [-0.2, -0.15) is 0 Å². The highest BCUT2D eigenvalue weighted by Crippen LogP contribution is 2.28. The molecule has 0 heterocycles. The van der Waals surface area contributed by atoms with Crippen LogP contribution in [0.15, 0.2) is 36.4 Å². The van der Waals surface area contributed by atoms with Crippen molar-refractivity contribution in [2.45, 2.75) is 6.42 Å². The lowest BCUT2D eigenvalue weighted by atomic mass is 10.1. The molecule has 23 heavy (non-hydrogen) atoms.